The Balaban J connectivity index is 1.92. The van der Waals surface area contributed by atoms with Crippen LogP contribution in [0.4, 0.5) is 8.78 Å². The first kappa shape index (κ1) is 30.2. The lowest BCUT2D eigenvalue weighted by molar-refractivity contribution is 0.0740. The SMILES string of the molecule is CCc1c(F)cc(-c2ccc(-n3cc(C(C)(C)O)nc3C(C)(C)c3c(Cl)cccc3Cl)c(F)c2)cc1S(C)(=O)=O. The molecule has 0 fully saturated rings. The van der Waals surface area contributed by atoms with Crippen LogP contribution in [0.1, 0.15) is 57.3 Å². The molecule has 0 saturated heterocycles. The molecule has 0 spiro atoms. The summed E-state index contributed by atoms with van der Waals surface area (Å²) in [5, 5.41) is 11.6. The Morgan fingerprint density at radius 3 is 2.08 bits per heavy atom. The van der Waals surface area contributed by atoms with Gasteiger partial charge in [0.2, 0.25) is 0 Å². The van der Waals surface area contributed by atoms with E-state index in [0.717, 1.165) is 6.26 Å². The Hall–Kier alpha value is -2.78. The zero-order valence-corrected chi connectivity index (χ0v) is 25.3. The zero-order valence-electron chi connectivity index (χ0n) is 23.0. The van der Waals surface area contributed by atoms with Crippen LogP contribution in [0.15, 0.2) is 59.6 Å². The summed E-state index contributed by atoms with van der Waals surface area (Å²) < 4.78 is 57.0. The van der Waals surface area contributed by atoms with Crippen molar-refractivity contribution in [3.05, 3.63) is 99.1 Å². The van der Waals surface area contributed by atoms with Gasteiger partial charge < -0.3 is 5.11 Å². The van der Waals surface area contributed by atoms with Crippen molar-refractivity contribution in [2.24, 2.45) is 0 Å². The van der Waals surface area contributed by atoms with E-state index in [0.29, 0.717) is 32.7 Å². The highest BCUT2D eigenvalue weighted by atomic mass is 35.5. The van der Waals surface area contributed by atoms with E-state index in [1.165, 1.54) is 28.8 Å². The van der Waals surface area contributed by atoms with E-state index in [-0.39, 0.29) is 28.1 Å². The average molecular weight is 608 g/mol. The highest BCUT2D eigenvalue weighted by Crippen LogP contribution is 2.42. The molecule has 0 aliphatic carbocycles. The number of hydrogen-bond acceptors (Lipinski definition) is 4. The Labute approximate surface area is 243 Å². The number of nitrogens with zero attached hydrogens (tertiary/aromatic N) is 2. The van der Waals surface area contributed by atoms with E-state index in [9.17, 15) is 17.9 Å². The molecule has 4 aromatic rings. The summed E-state index contributed by atoms with van der Waals surface area (Å²) in [5.74, 6) is -0.959. The molecule has 0 bridgehead atoms. The minimum atomic E-state index is -3.72. The van der Waals surface area contributed by atoms with Crippen molar-refractivity contribution in [2.75, 3.05) is 6.26 Å². The molecule has 0 amide bonds. The lowest BCUT2D eigenvalue weighted by atomic mass is 9.83. The Kier molecular flexibility index (Phi) is 7.97. The zero-order chi connectivity index (χ0) is 29.8. The van der Waals surface area contributed by atoms with Gasteiger partial charge >= 0.3 is 0 Å². The molecule has 0 aliphatic heterocycles. The molecule has 5 nitrogen and oxygen atoms in total. The molecule has 0 radical (unpaired) electrons. The molecule has 0 aliphatic rings. The summed E-state index contributed by atoms with van der Waals surface area (Å²) in [5.41, 5.74) is -0.637. The van der Waals surface area contributed by atoms with Crippen LogP contribution in [0.5, 0.6) is 0 Å². The van der Waals surface area contributed by atoms with Gasteiger partial charge in [0.05, 0.1) is 21.7 Å². The Morgan fingerprint density at radius 1 is 0.950 bits per heavy atom. The number of benzene rings is 3. The van der Waals surface area contributed by atoms with Gasteiger partial charge in [-0.15, -0.1) is 0 Å². The fraction of sp³-hybridized carbons (Fsp3) is 0.300. The van der Waals surface area contributed by atoms with Crippen LogP contribution in [0, 0.1) is 11.6 Å². The Bertz CT molecular complexity index is 1710. The van der Waals surface area contributed by atoms with E-state index in [1.807, 2.05) is 13.8 Å². The first-order valence-corrected chi connectivity index (χ1v) is 15.2. The highest BCUT2D eigenvalue weighted by Gasteiger charge is 2.36. The molecule has 0 atom stereocenters. The van der Waals surface area contributed by atoms with Crippen molar-refractivity contribution in [3.63, 3.8) is 0 Å². The van der Waals surface area contributed by atoms with Gasteiger partial charge in [0.15, 0.2) is 9.84 Å². The molecule has 1 N–H and O–H groups in total. The maximum atomic E-state index is 15.9. The lowest BCUT2D eigenvalue weighted by Gasteiger charge is -2.28. The smallest absolute Gasteiger partial charge is 0.175 e. The molecule has 3 aromatic carbocycles. The summed E-state index contributed by atoms with van der Waals surface area (Å²) in [6, 6.07) is 12.0. The van der Waals surface area contributed by atoms with Crippen LogP contribution in [-0.4, -0.2) is 29.3 Å². The molecule has 0 saturated carbocycles. The largest absolute Gasteiger partial charge is 0.384 e. The number of rotatable bonds is 7. The number of halogens is 4. The first-order chi connectivity index (χ1) is 18.5. The van der Waals surface area contributed by atoms with Gasteiger partial charge in [0.1, 0.15) is 23.1 Å². The standard InChI is InChI=1S/C30H30Cl2F2N2O3S/c1-7-19-22(33)14-18(15-25(19)40(6,38)39)17-11-12-24(23(34)13-17)36-16-26(30(4,5)37)35-28(36)29(2,3)27-20(31)9-8-10-21(27)32/h8-16,37H,7H2,1-6H3. The van der Waals surface area contributed by atoms with Gasteiger partial charge in [-0.3, -0.25) is 4.57 Å². The second-order valence-electron chi connectivity index (χ2n) is 10.8. The first-order valence-electron chi connectivity index (χ1n) is 12.6. The van der Waals surface area contributed by atoms with Crippen molar-refractivity contribution in [2.45, 2.75) is 57.0 Å². The molecule has 1 aromatic heterocycles. The van der Waals surface area contributed by atoms with E-state index in [1.54, 1.807) is 51.2 Å². The van der Waals surface area contributed by atoms with Gasteiger partial charge in [0.25, 0.3) is 0 Å². The minimum Gasteiger partial charge on any atom is -0.384 e. The fourth-order valence-corrected chi connectivity index (χ4v) is 6.74. The van der Waals surface area contributed by atoms with Crippen molar-refractivity contribution in [1.29, 1.82) is 0 Å². The number of sulfone groups is 1. The van der Waals surface area contributed by atoms with Crippen molar-refractivity contribution in [1.82, 2.24) is 9.55 Å². The third-order valence-electron chi connectivity index (χ3n) is 6.93. The molecular weight excluding hydrogens is 577 g/mol. The molecule has 0 unspecified atom stereocenters. The second kappa shape index (κ2) is 10.6. The van der Waals surface area contributed by atoms with Gasteiger partial charge in [-0.2, -0.15) is 0 Å². The maximum absolute atomic E-state index is 15.9. The van der Waals surface area contributed by atoms with Crippen molar-refractivity contribution >= 4 is 33.0 Å². The quantitative estimate of drug-likeness (QED) is 0.234. The summed E-state index contributed by atoms with van der Waals surface area (Å²) in [7, 11) is -3.72. The minimum absolute atomic E-state index is 0.0889. The normalized spacial score (nSPS) is 12.7. The average Bonchev–Trinajstić information content (AvgIpc) is 3.29. The molecule has 1 heterocycles. The van der Waals surface area contributed by atoms with Crippen LogP contribution >= 0.6 is 23.2 Å². The van der Waals surface area contributed by atoms with Crippen LogP contribution in [0.3, 0.4) is 0 Å². The van der Waals surface area contributed by atoms with Crippen LogP contribution < -0.4 is 0 Å². The summed E-state index contributed by atoms with van der Waals surface area (Å²) in [4.78, 5) is 4.57. The van der Waals surface area contributed by atoms with Gasteiger partial charge in [-0.1, -0.05) is 42.3 Å². The van der Waals surface area contributed by atoms with E-state index < -0.39 is 32.5 Å². The van der Waals surface area contributed by atoms with E-state index >= 15 is 4.39 Å². The van der Waals surface area contributed by atoms with E-state index in [2.05, 4.69) is 0 Å². The molecule has 212 valence electrons. The Morgan fingerprint density at radius 2 is 1.55 bits per heavy atom. The number of aromatic nitrogens is 2. The summed E-state index contributed by atoms with van der Waals surface area (Å²) in [6.45, 7) is 8.52. The van der Waals surface area contributed by atoms with Crippen LogP contribution in [0.25, 0.3) is 16.8 Å². The third-order valence-corrected chi connectivity index (χ3v) is 8.72. The van der Waals surface area contributed by atoms with Crippen molar-refractivity contribution in [3.8, 4) is 16.8 Å². The molecule has 4 rings (SSSR count). The topological polar surface area (TPSA) is 72.2 Å². The maximum Gasteiger partial charge on any atom is 0.175 e. The van der Waals surface area contributed by atoms with Crippen molar-refractivity contribution < 1.29 is 22.3 Å². The predicted octanol–water partition coefficient (Wildman–Crippen LogP) is 7.64. The van der Waals surface area contributed by atoms with Crippen LogP contribution in [-0.2, 0) is 27.3 Å². The molecule has 40 heavy (non-hydrogen) atoms. The summed E-state index contributed by atoms with van der Waals surface area (Å²) in [6.07, 6.45) is 2.76. The highest BCUT2D eigenvalue weighted by molar-refractivity contribution is 7.90. The molecular formula is C30H30Cl2F2N2O3S. The number of hydrogen-bond donors (Lipinski definition) is 1. The number of aliphatic hydroxyl groups is 1. The third kappa shape index (κ3) is 5.55. The summed E-state index contributed by atoms with van der Waals surface area (Å²) >= 11 is 13.1. The van der Waals surface area contributed by atoms with Gasteiger partial charge in [-0.05, 0) is 81.6 Å². The van der Waals surface area contributed by atoms with Crippen LogP contribution in [0.2, 0.25) is 10.0 Å². The van der Waals surface area contributed by atoms with Gasteiger partial charge in [-0.25, -0.2) is 22.2 Å². The number of imidazole rings is 1. The monoisotopic (exact) mass is 606 g/mol. The predicted molar refractivity (Wildman–Crippen MR) is 155 cm³/mol. The molecule has 10 heteroatoms. The lowest BCUT2D eigenvalue weighted by Crippen LogP contribution is -2.25. The fourth-order valence-electron chi connectivity index (χ4n) is 4.84. The van der Waals surface area contributed by atoms with Gasteiger partial charge in [0, 0.05) is 33.6 Å². The van der Waals surface area contributed by atoms with E-state index in [4.69, 9.17) is 28.2 Å². The second-order valence-corrected chi connectivity index (χ2v) is 13.6.